The predicted molar refractivity (Wildman–Crippen MR) is 74.4 cm³/mol. The second-order valence-electron chi connectivity index (χ2n) is 4.25. The molecule has 1 aromatic carbocycles. The molecule has 3 nitrogen and oxygen atoms in total. The van der Waals surface area contributed by atoms with Gasteiger partial charge in [-0.3, -0.25) is 4.79 Å². The van der Waals surface area contributed by atoms with Crippen LogP contribution >= 0.6 is 11.6 Å². The average molecular weight is 268 g/mol. The number of carbonyl (C=O) groups is 1. The van der Waals surface area contributed by atoms with Gasteiger partial charge in [0.15, 0.2) is 0 Å². The number of amides is 1. The summed E-state index contributed by atoms with van der Waals surface area (Å²) in [5, 5.41) is 9.77. The Morgan fingerprint density at radius 1 is 1.50 bits per heavy atom. The largest absolute Gasteiger partial charge is 0.393 e. The third-order valence-electron chi connectivity index (χ3n) is 2.57. The maximum absolute atomic E-state index is 11.8. The maximum atomic E-state index is 11.8. The molecule has 0 saturated carbocycles. The van der Waals surface area contributed by atoms with Crippen molar-refractivity contribution >= 4 is 23.6 Å². The summed E-state index contributed by atoms with van der Waals surface area (Å²) in [4.78, 5) is 13.3. The van der Waals surface area contributed by atoms with Crippen LogP contribution in [0.4, 0.5) is 0 Å². The van der Waals surface area contributed by atoms with Crippen LogP contribution < -0.4 is 0 Å². The number of rotatable bonds is 5. The Balaban J connectivity index is 2.56. The number of benzene rings is 1. The molecule has 98 valence electrons. The van der Waals surface area contributed by atoms with Gasteiger partial charge in [0.2, 0.25) is 5.91 Å². The van der Waals surface area contributed by atoms with Crippen molar-refractivity contribution in [2.75, 3.05) is 13.6 Å². The normalized spacial score (nSPS) is 12.7. The molecule has 0 aliphatic heterocycles. The first-order valence-corrected chi connectivity index (χ1v) is 6.24. The number of hydrogen-bond acceptors (Lipinski definition) is 2. The average Bonchev–Trinajstić information content (AvgIpc) is 2.34. The van der Waals surface area contributed by atoms with Gasteiger partial charge in [0.05, 0.1) is 6.10 Å². The minimum Gasteiger partial charge on any atom is -0.393 e. The van der Waals surface area contributed by atoms with Crippen molar-refractivity contribution in [2.24, 2.45) is 0 Å². The molecule has 1 unspecified atom stereocenters. The Kier molecular flexibility index (Phi) is 5.89. The molecule has 18 heavy (non-hydrogen) atoms. The quantitative estimate of drug-likeness (QED) is 0.833. The highest BCUT2D eigenvalue weighted by molar-refractivity contribution is 6.32. The van der Waals surface area contributed by atoms with Gasteiger partial charge < -0.3 is 10.0 Å². The zero-order valence-corrected chi connectivity index (χ0v) is 11.4. The van der Waals surface area contributed by atoms with Gasteiger partial charge in [0, 0.05) is 24.7 Å². The fraction of sp³-hybridized carbons (Fsp3) is 0.357. The minimum atomic E-state index is -0.396. The fourth-order valence-electron chi connectivity index (χ4n) is 1.39. The van der Waals surface area contributed by atoms with Crippen molar-refractivity contribution < 1.29 is 9.90 Å². The molecule has 0 aromatic heterocycles. The van der Waals surface area contributed by atoms with E-state index < -0.39 is 6.10 Å². The van der Waals surface area contributed by atoms with E-state index in [1.54, 1.807) is 31.0 Å². The highest BCUT2D eigenvalue weighted by Gasteiger charge is 2.06. The lowest BCUT2D eigenvalue weighted by molar-refractivity contribution is -0.124. The SMILES string of the molecule is CC(O)CCN(C)C(=O)/C=C/c1ccccc1Cl. The molecule has 1 rings (SSSR count). The summed E-state index contributed by atoms with van der Waals surface area (Å²) in [6, 6.07) is 7.34. The van der Waals surface area contributed by atoms with Crippen LogP contribution in [0.1, 0.15) is 18.9 Å². The monoisotopic (exact) mass is 267 g/mol. The summed E-state index contributed by atoms with van der Waals surface area (Å²) < 4.78 is 0. The number of halogens is 1. The number of aliphatic hydroxyl groups excluding tert-OH is 1. The van der Waals surface area contributed by atoms with Gasteiger partial charge in [-0.05, 0) is 31.1 Å². The predicted octanol–water partition coefficient (Wildman–Crippen LogP) is 2.58. The molecule has 1 amide bonds. The Hall–Kier alpha value is -1.32. The lowest BCUT2D eigenvalue weighted by Gasteiger charge is -2.15. The molecule has 0 fully saturated rings. The zero-order chi connectivity index (χ0) is 13.5. The van der Waals surface area contributed by atoms with Gasteiger partial charge in [0.1, 0.15) is 0 Å². The molecular weight excluding hydrogens is 250 g/mol. The second-order valence-corrected chi connectivity index (χ2v) is 4.66. The number of hydrogen-bond donors (Lipinski definition) is 1. The van der Waals surface area contributed by atoms with Crippen LogP contribution in [0.5, 0.6) is 0 Å². The maximum Gasteiger partial charge on any atom is 0.246 e. The van der Waals surface area contributed by atoms with E-state index >= 15 is 0 Å². The van der Waals surface area contributed by atoms with Crippen LogP contribution in [0.3, 0.4) is 0 Å². The molecule has 0 spiro atoms. The van der Waals surface area contributed by atoms with E-state index in [1.165, 1.54) is 6.08 Å². The molecule has 0 aliphatic carbocycles. The van der Waals surface area contributed by atoms with E-state index in [1.807, 2.05) is 18.2 Å². The van der Waals surface area contributed by atoms with E-state index in [4.69, 9.17) is 16.7 Å². The summed E-state index contributed by atoms with van der Waals surface area (Å²) in [5.41, 5.74) is 0.816. The number of carbonyl (C=O) groups excluding carboxylic acids is 1. The Morgan fingerprint density at radius 3 is 2.78 bits per heavy atom. The molecule has 0 radical (unpaired) electrons. The van der Waals surface area contributed by atoms with Gasteiger partial charge in [-0.2, -0.15) is 0 Å². The van der Waals surface area contributed by atoms with Crippen LogP contribution in [-0.4, -0.2) is 35.6 Å². The molecule has 1 aromatic rings. The van der Waals surface area contributed by atoms with Crippen LogP contribution in [0, 0.1) is 0 Å². The van der Waals surface area contributed by atoms with E-state index in [2.05, 4.69) is 0 Å². The van der Waals surface area contributed by atoms with Gasteiger partial charge >= 0.3 is 0 Å². The zero-order valence-electron chi connectivity index (χ0n) is 10.6. The van der Waals surface area contributed by atoms with Crippen molar-refractivity contribution in [1.82, 2.24) is 4.90 Å². The van der Waals surface area contributed by atoms with Gasteiger partial charge in [0.25, 0.3) is 0 Å². The van der Waals surface area contributed by atoms with Crippen LogP contribution in [-0.2, 0) is 4.79 Å². The first kappa shape index (κ1) is 14.7. The first-order valence-electron chi connectivity index (χ1n) is 5.86. The lowest BCUT2D eigenvalue weighted by atomic mass is 10.2. The molecule has 4 heteroatoms. The smallest absolute Gasteiger partial charge is 0.246 e. The molecule has 0 bridgehead atoms. The van der Waals surface area contributed by atoms with Gasteiger partial charge in [-0.1, -0.05) is 29.8 Å². The topological polar surface area (TPSA) is 40.5 Å². The lowest BCUT2D eigenvalue weighted by Crippen LogP contribution is -2.27. The van der Waals surface area contributed by atoms with E-state index in [-0.39, 0.29) is 5.91 Å². The Bertz CT molecular complexity index is 430. The van der Waals surface area contributed by atoms with Crippen molar-refractivity contribution in [1.29, 1.82) is 0 Å². The highest BCUT2D eigenvalue weighted by atomic mass is 35.5. The van der Waals surface area contributed by atoms with Gasteiger partial charge in [-0.25, -0.2) is 0 Å². The molecule has 1 atom stereocenters. The third kappa shape index (κ3) is 4.90. The van der Waals surface area contributed by atoms with E-state index in [0.717, 1.165) is 5.56 Å². The van der Waals surface area contributed by atoms with Crippen molar-refractivity contribution in [2.45, 2.75) is 19.4 Å². The number of likely N-dealkylation sites (N-methyl/N-ethyl adjacent to an activating group) is 1. The van der Waals surface area contributed by atoms with Crippen molar-refractivity contribution in [3.8, 4) is 0 Å². The van der Waals surface area contributed by atoms with Crippen molar-refractivity contribution in [3.05, 3.63) is 40.9 Å². The molecule has 0 heterocycles. The molecule has 0 saturated heterocycles. The van der Waals surface area contributed by atoms with Crippen LogP contribution in [0.25, 0.3) is 6.08 Å². The van der Waals surface area contributed by atoms with E-state index in [9.17, 15) is 4.79 Å². The summed E-state index contributed by atoms with van der Waals surface area (Å²) in [6.45, 7) is 2.24. The van der Waals surface area contributed by atoms with Crippen molar-refractivity contribution in [3.63, 3.8) is 0 Å². The third-order valence-corrected chi connectivity index (χ3v) is 2.91. The highest BCUT2D eigenvalue weighted by Crippen LogP contribution is 2.16. The summed E-state index contributed by atoms with van der Waals surface area (Å²) in [7, 11) is 1.71. The fourth-order valence-corrected chi connectivity index (χ4v) is 1.59. The second kappa shape index (κ2) is 7.19. The molecular formula is C14H18ClNO2. The summed E-state index contributed by atoms with van der Waals surface area (Å²) in [6.07, 6.45) is 3.36. The minimum absolute atomic E-state index is 0.101. The number of nitrogens with zero attached hydrogens (tertiary/aromatic N) is 1. The summed E-state index contributed by atoms with van der Waals surface area (Å²) >= 11 is 5.98. The summed E-state index contributed by atoms with van der Waals surface area (Å²) in [5.74, 6) is -0.101. The molecule has 1 N–H and O–H groups in total. The standard InChI is InChI=1S/C14H18ClNO2/c1-11(17)9-10-16(2)14(18)8-7-12-5-3-4-6-13(12)15/h3-8,11,17H,9-10H2,1-2H3/b8-7+. The Labute approximate surface area is 113 Å². The molecule has 0 aliphatic rings. The number of aliphatic hydroxyl groups is 1. The first-order chi connectivity index (χ1) is 8.50. The Morgan fingerprint density at radius 2 is 2.17 bits per heavy atom. The van der Waals surface area contributed by atoms with Crippen LogP contribution in [0.15, 0.2) is 30.3 Å². The van der Waals surface area contributed by atoms with Crippen LogP contribution in [0.2, 0.25) is 5.02 Å². The van der Waals surface area contributed by atoms with E-state index in [0.29, 0.717) is 18.0 Å². The van der Waals surface area contributed by atoms with Gasteiger partial charge in [-0.15, -0.1) is 0 Å².